The topological polar surface area (TPSA) is 64.7 Å². The maximum Gasteiger partial charge on any atom is 0.223 e. The minimum atomic E-state index is 0.311. The molecule has 2 N–H and O–H groups in total. The van der Waals surface area contributed by atoms with E-state index in [0.717, 1.165) is 37.3 Å². The number of anilines is 1. The summed E-state index contributed by atoms with van der Waals surface area (Å²) in [5.74, 6) is 1.85. The molecule has 4 heteroatoms. The van der Waals surface area contributed by atoms with Gasteiger partial charge in [-0.3, -0.25) is 0 Å². The van der Waals surface area contributed by atoms with Gasteiger partial charge in [0.1, 0.15) is 11.6 Å². The second-order valence-corrected chi connectivity index (χ2v) is 5.50. The van der Waals surface area contributed by atoms with Gasteiger partial charge in [0.25, 0.3) is 0 Å². The summed E-state index contributed by atoms with van der Waals surface area (Å²) in [5.41, 5.74) is 8.39. The molecule has 0 unspecified atom stereocenters. The molecule has 0 bridgehead atoms. The number of aryl methyl sites for hydroxylation is 4. The Bertz CT molecular complexity index is 680. The average molecular weight is 304 g/mol. The van der Waals surface area contributed by atoms with Gasteiger partial charge in [0.05, 0.1) is 0 Å². The zero-order valence-electron chi connectivity index (χ0n) is 13.0. The third kappa shape index (κ3) is 4.61. The van der Waals surface area contributed by atoms with Gasteiger partial charge in [-0.1, -0.05) is 60.7 Å². The van der Waals surface area contributed by atoms with Crippen molar-refractivity contribution >= 4 is 5.95 Å². The zero-order valence-corrected chi connectivity index (χ0v) is 13.0. The van der Waals surface area contributed by atoms with E-state index in [2.05, 4.69) is 39.2 Å². The number of benzene rings is 2. The smallest absolute Gasteiger partial charge is 0.223 e. The second-order valence-electron chi connectivity index (χ2n) is 5.50. The molecule has 1 heterocycles. The summed E-state index contributed by atoms with van der Waals surface area (Å²) in [6, 6.07) is 20.7. The van der Waals surface area contributed by atoms with Crippen LogP contribution in [0.1, 0.15) is 22.8 Å². The molecule has 0 fully saturated rings. The summed E-state index contributed by atoms with van der Waals surface area (Å²) in [6.07, 6.45) is 3.36. The number of nitrogens with zero attached hydrogens (tertiary/aromatic N) is 3. The Morgan fingerprint density at radius 3 is 1.43 bits per heavy atom. The van der Waals surface area contributed by atoms with Crippen molar-refractivity contribution in [3.8, 4) is 0 Å². The van der Waals surface area contributed by atoms with Crippen molar-refractivity contribution in [3.63, 3.8) is 0 Å². The van der Waals surface area contributed by atoms with Crippen LogP contribution < -0.4 is 5.73 Å². The minimum Gasteiger partial charge on any atom is -0.368 e. The van der Waals surface area contributed by atoms with Gasteiger partial charge in [-0.15, -0.1) is 0 Å². The van der Waals surface area contributed by atoms with Crippen LogP contribution >= 0.6 is 0 Å². The van der Waals surface area contributed by atoms with Gasteiger partial charge < -0.3 is 5.73 Å². The van der Waals surface area contributed by atoms with E-state index in [-0.39, 0.29) is 0 Å². The van der Waals surface area contributed by atoms with Crippen LogP contribution in [0.3, 0.4) is 0 Å². The standard InChI is InChI=1S/C19H20N4/c20-19-22-17(13-11-15-7-3-1-4-8-15)21-18(23-19)14-12-16-9-5-2-6-10-16/h1-10H,11-14H2,(H2,20,21,22,23). The lowest BCUT2D eigenvalue weighted by Crippen LogP contribution is -2.09. The molecular formula is C19H20N4. The number of aromatic nitrogens is 3. The summed E-state index contributed by atoms with van der Waals surface area (Å²) in [7, 11) is 0. The Morgan fingerprint density at radius 1 is 0.565 bits per heavy atom. The Balaban J connectivity index is 1.64. The lowest BCUT2D eigenvalue weighted by atomic mass is 10.1. The molecule has 0 saturated heterocycles. The Hall–Kier alpha value is -2.75. The van der Waals surface area contributed by atoms with Crippen molar-refractivity contribution in [2.75, 3.05) is 5.73 Å². The summed E-state index contributed by atoms with van der Waals surface area (Å²) in [6.45, 7) is 0. The van der Waals surface area contributed by atoms with Crippen molar-refractivity contribution < 1.29 is 0 Å². The number of hydrogen-bond acceptors (Lipinski definition) is 4. The summed E-state index contributed by atoms with van der Waals surface area (Å²) in [5, 5.41) is 0. The fourth-order valence-electron chi connectivity index (χ4n) is 2.51. The SMILES string of the molecule is Nc1nc(CCc2ccccc2)nc(CCc2ccccc2)n1. The maximum absolute atomic E-state index is 5.84. The van der Waals surface area contributed by atoms with Crippen LogP contribution in [0.25, 0.3) is 0 Å². The van der Waals surface area contributed by atoms with Gasteiger partial charge in [-0.2, -0.15) is 9.97 Å². The van der Waals surface area contributed by atoms with E-state index < -0.39 is 0 Å². The van der Waals surface area contributed by atoms with Crippen LogP contribution in [0, 0.1) is 0 Å². The molecule has 0 spiro atoms. The molecule has 116 valence electrons. The molecule has 3 rings (SSSR count). The molecule has 23 heavy (non-hydrogen) atoms. The van der Waals surface area contributed by atoms with E-state index in [1.165, 1.54) is 11.1 Å². The Kier molecular flexibility index (Phi) is 4.94. The normalized spacial score (nSPS) is 10.6. The third-order valence-corrected chi connectivity index (χ3v) is 3.71. The predicted molar refractivity (Wildman–Crippen MR) is 91.9 cm³/mol. The predicted octanol–water partition coefficient (Wildman–Crippen LogP) is 3.02. The first-order valence-corrected chi connectivity index (χ1v) is 7.87. The fraction of sp³-hybridized carbons (Fsp3) is 0.211. The number of hydrogen-bond donors (Lipinski definition) is 1. The van der Waals surface area contributed by atoms with Crippen LogP contribution in [0.2, 0.25) is 0 Å². The summed E-state index contributed by atoms with van der Waals surface area (Å²) >= 11 is 0. The van der Waals surface area contributed by atoms with Crippen LogP contribution in [0.5, 0.6) is 0 Å². The van der Waals surface area contributed by atoms with Gasteiger partial charge in [0.15, 0.2) is 0 Å². The fourth-order valence-corrected chi connectivity index (χ4v) is 2.51. The molecule has 0 radical (unpaired) electrons. The number of nitrogen functional groups attached to an aromatic ring is 1. The van der Waals surface area contributed by atoms with Crippen molar-refractivity contribution in [2.24, 2.45) is 0 Å². The molecule has 1 aromatic heterocycles. The highest BCUT2D eigenvalue weighted by molar-refractivity contribution is 5.20. The minimum absolute atomic E-state index is 0.311. The van der Waals surface area contributed by atoms with Gasteiger partial charge in [0, 0.05) is 12.8 Å². The van der Waals surface area contributed by atoms with Crippen molar-refractivity contribution in [1.82, 2.24) is 15.0 Å². The lowest BCUT2D eigenvalue weighted by Gasteiger charge is -2.05. The molecule has 0 atom stereocenters. The monoisotopic (exact) mass is 304 g/mol. The van der Waals surface area contributed by atoms with E-state index in [0.29, 0.717) is 5.95 Å². The van der Waals surface area contributed by atoms with Gasteiger partial charge in [-0.05, 0) is 24.0 Å². The lowest BCUT2D eigenvalue weighted by molar-refractivity contribution is 0.777. The van der Waals surface area contributed by atoms with Gasteiger partial charge in [0.2, 0.25) is 5.95 Å². The number of rotatable bonds is 6. The van der Waals surface area contributed by atoms with Crippen LogP contribution in [-0.2, 0) is 25.7 Å². The quantitative estimate of drug-likeness (QED) is 0.760. The molecule has 0 amide bonds. The van der Waals surface area contributed by atoms with Crippen LogP contribution in [-0.4, -0.2) is 15.0 Å². The van der Waals surface area contributed by atoms with Crippen LogP contribution in [0.4, 0.5) is 5.95 Å². The first-order chi connectivity index (χ1) is 11.3. The van der Waals surface area contributed by atoms with Crippen molar-refractivity contribution in [1.29, 1.82) is 0 Å². The highest BCUT2D eigenvalue weighted by Crippen LogP contribution is 2.08. The van der Waals surface area contributed by atoms with Crippen molar-refractivity contribution in [3.05, 3.63) is 83.4 Å². The third-order valence-electron chi connectivity index (χ3n) is 3.71. The van der Waals surface area contributed by atoms with Crippen molar-refractivity contribution in [2.45, 2.75) is 25.7 Å². The van der Waals surface area contributed by atoms with E-state index in [4.69, 9.17) is 5.73 Å². The average Bonchev–Trinajstić information content (AvgIpc) is 2.60. The maximum atomic E-state index is 5.84. The van der Waals surface area contributed by atoms with E-state index in [1.807, 2.05) is 36.4 Å². The highest BCUT2D eigenvalue weighted by atomic mass is 15.1. The van der Waals surface area contributed by atoms with E-state index in [1.54, 1.807) is 0 Å². The largest absolute Gasteiger partial charge is 0.368 e. The summed E-state index contributed by atoms with van der Waals surface area (Å²) < 4.78 is 0. The van der Waals surface area contributed by atoms with Gasteiger partial charge >= 0.3 is 0 Å². The first-order valence-electron chi connectivity index (χ1n) is 7.87. The number of nitrogens with two attached hydrogens (primary N) is 1. The zero-order chi connectivity index (χ0) is 15.9. The molecule has 0 saturated carbocycles. The molecule has 0 aliphatic rings. The molecule has 2 aromatic carbocycles. The Labute approximate surface area is 136 Å². The second kappa shape index (κ2) is 7.49. The first kappa shape index (κ1) is 15.2. The van der Waals surface area contributed by atoms with E-state index in [9.17, 15) is 0 Å². The molecule has 4 nitrogen and oxygen atoms in total. The molecule has 0 aliphatic heterocycles. The van der Waals surface area contributed by atoms with Crippen LogP contribution in [0.15, 0.2) is 60.7 Å². The molecule has 0 aliphatic carbocycles. The highest BCUT2D eigenvalue weighted by Gasteiger charge is 2.06. The molecule has 3 aromatic rings. The Morgan fingerprint density at radius 2 is 1.00 bits per heavy atom. The molecular weight excluding hydrogens is 284 g/mol. The van der Waals surface area contributed by atoms with E-state index >= 15 is 0 Å². The summed E-state index contributed by atoms with van der Waals surface area (Å²) in [4.78, 5) is 13.1. The van der Waals surface area contributed by atoms with Gasteiger partial charge in [-0.25, -0.2) is 4.98 Å².